The van der Waals surface area contributed by atoms with Crippen molar-refractivity contribution in [3.63, 3.8) is 0 Å². The van der Waals surface area contributed by atoms with Gasteiger partial charge in [-0.25, -0.2) is 9.78 Å². The van der Waals surface area contributed by atoms with Crippen molar-refractivity contribution in [2.45, 2.75) is 39.2 Å². The van der Waals surface area contributed by atoms with Crippen LogP contribution in [0, 0.1) is 0 Å². The highest BCUT2D eigenvalue weighted by Gasteiger charge is 2.27. The Balaban J connectivity index is 1.64. The van der Waals surface area contributed by atoms with E-state index in [4.69, 9.17) is 0 Å². The van der Waals surface area contributed by atoms with Gasteiger partial charge >= 0.3 is 6.03 Å². The van der Waals surface area contributed by atoms with Gasteiger partial charge < -0.3 is 14.8 Å². The highest BCUT2D eigenvalue weighted by atomic mass is 16.2. The molecule has 0 saturated carbocycles. The van der Waals surface area contributed by atoms with E-state index < -0.39 is 0 Å². The van der Waals surface area contributed by atoms with Gasteiger partial charge in [0, 0.05) is 49.2 Å². The minimum atomic E-state index is -0.102. The summed E-state index contributed by atoms with van der Waals surface area (Å²) in [5, 5.41) is 2.92. The minimum absolute atomic E-state index is 0.0168. The van der Waals surface area contributed by atoms with E-state index in [2.05, 4.69) is 21.8 Å². The maximum Gasteiger partial charge on any atom is 0.321 e. The lowest BCUT2D eigenvalue weighted by Crippen LogP contribution is -2.42. The first-order valence-corrected chi connectivity index (χ1v) is 8.76. The van der Waals surface area contributed by atoms with E-state index in [9.17, 15) is 9.59 Å². The number of amides is 2. The van der Waals surface area contributed by atoms with Crippen LogP contribution in [0.15, 0.2) is 36.7 Å². The molecule has 2 heterocycles. The van der Waals surface area contributed by atoms with Crippen molar-refractivity contribution in [1.82, 2.24) is 14.5 Å². The highest BCUT2D eigenvalue weighted by molar-refractivity contribution is 5.95. The van der Waals surface area contributed by atoms with Crippen LogP contribution in [-0.2, 0) is 6.54 Å². The van der Waals surface area contributed by atoms with E-state index in [1.807, 2.05) is 17.3 Å². The lowest BCUT2D eigenvalue weighted by molar-refractivity contribution is 0.101. The number of carbonyl (C=O) groups excluding carboxylic acids is 2. The summed E-state index contributed by atoms with van der Waals surface area (Å²) >= 11 is 0. The van der Waals surface area contributed by atoms with E-state index in [1.165, 1.54) is 6.92 Å². The molecule has 6 nitrogen and oxygen atoms in total. The van der Waals surface area contributed by atoms with Crippen LogP contribution in [-0.4, -0.2) is 39.4 Å². The Kier molecular flexibility index (Phi) is 5.16. The second kappa shape index (κ2) is 7.51. The topological polar surface area (TPSA) is 67.2 Å². The Bertz CT molecular complexity index is 751. The predicted molar refractivity (Wildman–Crippen MR) is 96.9 cm³/mol. The number of carbonyl (C=O) groups is 2. The Labute approximate surface area is 147 Å². The lowest BCUT2D eigenvalue weighted by Gasteiger charge is -2.32. The Morgan fingerprint density at radius 2 is 2.04 bits per heavy atom. The maximum atomic E-state index is 12.6. The van der Waals surface area contributed by atoms with Gasteiger partial charge in [0.2, 0.25) is 0 Å². The summed E-state index contributed by atoms with van der Waals surface area (Å²) in [5.74, 6) is 1.35. The number of rotatable bonds is 4. The summed E-state index contributed by atoms with van der Waals surface area (Å²) < 4.78 is 2.15. The number of imidazole rings is 1. The normalized spacial score (nSPS) is 17.4. The van der Waals surface area contributed by atoms with Gasteiger partial charge in [-0.1, -0.05) is 0 Å². The van der Waals surface area contributed by atoms with Crippen LogP contribution in [0.25, 0.3) is 0 Å². The molecule has 0 unspecified atom stereocenters. The molecular formula is C19H24N4O2. The van der Waals surface area contributed by atoms with Gasteiger partial charge in [0.25, 0.3) is 0 Å². The number of ketones is 1. The van der Waals surface area contributed by atoms with E-state index >= 15 is 0 Å². The molecule has 1 fully saturated rings. The molecule has 1 saturated heterocycles. The van der Waals surface area contributed by atoms with Gasteiger partial charge in [-0.05, 0) is 51.0 Å². The van der Waals surface area contributed by atoms with Crippen LogP contribution < -0.4 is 5.32 Å². The molecule has 1 N–H and O–H groups in total. The fourth-order valence-electron chi connectivity index (χ4n) is 3.31. The molecular weight excluding hydrogens is 316 g/mol. The number of nitrogens with zero attached hydrogens (tertiary/aromatic N) is 3. The fourth-order valence-corrected chi connectivity index (χ4v) is 3.31. The molecule has 1 aliphatic rings. The second-order valence-corrected chi connectivity index (χ2v) is 6.42. The molecule has 0 bridgehead atoms. The monoisotopic (exact) mass is 340 g/mol. The molecule has 0 radical (unpaired) electrons. The summed E-state index contributed by atoms with van der Waals surface area (Å²) in [7, 11) is 0. The molecule has 2 aromatic rings. The Hall–Kier alpha value is -2.63. The Morgan fingerprint density at radius 3 is 2.72 bits per heavy atom. The zero-order chi connectivity index (χ0) is 17.8. The number of nitrogens with one attached hydrogen (secondary N) is 1. The number of benzene rings is 1. The molecule has 1 aromatic carbocycles. The maximum absolute atomic E-state index is 12.6. The van der Waals surface area contributed by atoms with Crippen LogP contribution in [0.3, 0.4) is 0 Å². The van der Waals surface area contributed by atoms with Gasteiger partial charge in [0.1, 0.15) is 5.82 Å². The summed E-state index contributed by atoms with van der Waals surface area (Å²) in [6.45, 7) is 5.94. The van der Waals surface area contributed by atoms with Crippen LogP contribution >= 0.6 is 0 Å². The zero-order valence-electron chi connectivity index (χ0n) is 14.7. The number of aryl methyl sites for hydroxylation is 1. The lowest BCUT2D eigenvalue weighted by atomic mass is 9.97. The van der Waals surface area contributed by atoms with Crippen molar-refractivity contribution in [1.29, 1.82) is 0 Å². The molecule has 0 aliphatic carbocycles. The average Bonchev–Trinajstić information content (AvgIpc) is 3.11. The smallest absolute Gasteiger partial charge is 0.321 e. The molecule has 1 aliphatic heterocycles. The first kappa shape index (κ1) is 17.2. The van der Waals surface area contributed by atoms with Crippen molar-refractivity contribution in [3.8, 4) is 0 Å². The number of hydrogen-bond donors (Lipinski definition) is 1. The third kappa shape index (κ3) is 3.90. The SMILES string of the molecule is CCn1ccnc1[C@H]1CCCN(C(=O)Nc2ccc(C(C)=O)cc2)C1. The first-order chi connectivity index (χ1) is 12.1. The average molecular weight is 340 g/mol. The van der Waals surface area contributed by atoms with Gasteiger partial charge in [-0.2, -0.15) is 0 Å². The summed E-state index contributed by atoms with van der Waals surface area (Å²) in [5.41, 5.74) is 1.34. The van der Waals surface area contributed by atoms with Gasteiger partial charge in [-0.3, -0.25) is 4.79 Å². The molecule has 132 valence electrons. The largest absolute Gasteiger partial charge is 0.335 e. The molecule has 1 atom stereocenters. The fraction of sp³-hybridized carbons (Fsp3) is 0.421. The number of piperidine rings is 1. The Morgan fingerprint density at radius 1 is 1.28 bits per heavy atom. The van der Waals surface area contributed by atoms with E-state index in [0.717, 1.165) is 31.8 Å². The number of Topliss-reactive ketones (excluding diaryl/α,β-unsaturated/α-hetero) is 1. The van der Waals surface area contributed by atoms with Crippen LogP contribution in [0.4, 0.5) is 10.5 Å². The van der Waals surface area contributed by atoms with E-state index in [1.54, 1.807) is 24.3 Å². The van der Waals surface area contributed by atoms with Crippen LogP contribution in [0.2, 0.25) is 0 Å². The molecule has 6 heteroatoms. The van der Waals surface area contributed by atoms with Gasteiger partial charge in [0.05, 0.1) is 0 Å². The highest BCUT2D eigenvalue weighted by Crippen LogP contribution is 2.26. The zero-order valence-corrected chi connectivity index (χ0v) is 14.7. The summed E-state index contributed by atoms with van der Waals surface area (Å²) in [6.07, 6.45) is 5.84. The van der Waals surface area contributed by atoms with Crippen LogP contribution in [0.1, 0.15) is 48.8 Å². The second-order valence-electron chi connectivity index (χ2n) is 6.42. The van der Waals surface area contributed by atoms with Crippen molar-refractivity contribution >= 4 is 17.5 Å². The number of likely N-dealkylation sites (tertiary alicyclic amines) is 1. The number of aromatic nitrogens is 2. The summed E-state index contributed by atoms with van der Waals surface area (Å²) in [4.78, 5) is 30.2. The molecule has 0 spiro atoms. The van der Waals surface area contributed by atoms with Crippen molar-refractivity contribution in [2.75, 3.05) is 18.4 Å². The predicted octanol–water partition coefficient (Wildman–Crippen LogP) is 3.52. The first-order valence-electron chi connectivity index (χ1n) is 8.76. The van der Waals surface area contributed by atoms with Gasteiger partial charge in [0.15, 0.2) is 5.78 Å². The number of urea groups is 1. The standard InChI is InChI=1S/C19H24N4O2/c1-3-22-12-10-20-18(22)16-5-4-11-23(13-16)19(25)21-17-8-6-15(7-9-17)14(2)24/h6-10,12,16H,3-5,11,13H2,1-2H3,(H,21,25)/t16-/m0/s1. The quantitative estimate of drug-likeness (QED) is 0.866. The van der Waals surface area contributed by atoms with E-state index in [-0.39, 0.29) is 17.7 Å². The summed E-state index contributed by atoms with van der Waals surface area (Å²) in [6, 6.07) is 6.89. The van der Waals surface area contributed by atoms with Crippen molar-refractivity contribution in [3.05, 3.63) is 48.0 Å². The van der Waals surface area contributed by atoms with Gasteiger partial charge in [-0.15, -0.1) is 0 Å². The van der Waals surface area contributed by atoms with Crippen molar-refractivity contribution in [2.24, 2.45) is 0 Å². The number of anilines is 1. The third-order valence-corrected chi connectivity index (χ3v) is 4.70. The molecule has 25 heavy (non-hydrogen) atoms. The molecule has 2 amide bonds. The number of hydrogen-bond acceptors (Lipinski definition) is 3. The van der Waals surface area contributed by atoms with Crippen LogP contribution in [0.5, 0.6) is 0 Å². The molecule has 1 aromatic heterocycles. The molecule has 3 rings (SSSR count). The van der Waals surface area contributed by atoms with E-state index in [0.29, 0.717) is 17.8 Å². The third-order valence-electron chi connectivity index (χ3n) is 4.70. The minimum Gasteiger partial charge on any atom is -0.335 e. The van der Waals surface area contributed by atoms with Crippen molar-refractivity contribution < 1.29 is 9.59 Å².